The number of aliphatic hydroxyl groups is 1. The van der Waals surface area contributed by atoms with E-state index < -0.39 is 0 Å². The number of hydrogen-bond donors (Lipinski definition) is 1. The molecule has 0 bridgehead atoms. The average Bonchev–Trinajstić information content (AvgIpc) is 2.03. The maximum absolute atomic E-state index is 8.15. The number of aliphatic hydroxyl groups excluding tert-OH is 1. The lowest BCUT2D eigenvalue weighted by Crippen LogP contribution is -1.77. The zero-order valence-electron chi connectivity index (χ0n) is 7.40. The monoisotopic (exact) mass is 154 g/mol. The largest absolute Gasteiger partial charge is 0.462 e. The predicted molar refractivity (Wildman–Crippen MR) is 47.7 cm³/mol. The Balaban J connectivity index is 2.83. The van der Waals surface area contributed by atoms with Crippen molar-refractivity contribution in [1.82, 2.24) is 0 Å². The summed E-state index contributed by atoms with van der Waals surface area (Å²) in [5, 5.41) is 8.15. The quantitative estimate of drug-likeness (QED) is 0.460. The lowest BCUT2D eigenvalue weighted by Gasteiger charge is -1.95. The van der Waals surface area contributed by atoms with E-state index in [0.29, 0.717) is 0 Å². The van der Waals surface area contributed by atoms with Crippen molar-refractivity contribution in [3.05, 3.63) is 0 Å². The van der Waals surface area contributed by atoms with Gasteiger partial charge in [-0.2, -0.15) is 0 Å². The van der Waals surface area contributed by atoms with Crippen LogP contribution in [-0.4, -0.2) is 5.11 Å². The van der Waals surface area contributed by atoms with E-state index in [-0.39, 0.29) is 0 Å². The zero-order valence-corrected chi connectivity index (χ0v) is 7.40. The molecule has 0 saturated heterocycles. The molecule has 0 heterocycles. The van der Waals surface area contributed by atoms with Crippen molar-refractivity contribution < 1.29 is 5.11 Å². The summed E-state index contributed by atoms with van der Waals surface area (Å²) in [6.45, 7) is 2.22. The smallest absolute Gasteiger partial charge is 0.107 e. The highest BCUT2D eigenvalue weighted by atomic mass is 16.2. The number of unbranched alkanes of at least 4 members (excludes halogenated alkanes) is 6. The van der Waals surface area contributed by atoms with E-state index in [4.69, 9.17) is 5.11 Å². The second-order valence-electron chi connectivity index (χ2n) is 2.81. The molecule has 0 aliphatic carbocycles. The summed E-state index contributed by atoms with van der Waals surface area (Å²) in [6.07, 6.45) is 10.5. The van der Waals surface area contributed by atoms with Crippen LogP contribution in [0, 0.1) is 12.0 Å². The van der Waals surface area contributed by atoms with Gasteiger partial charge in [0.1, 0.15) is 6.11 Å². The summed E-state index contributed by atoms with van der Waals surface area (Å²) in [4.78, 5) is 0. The Morgan fingerprint density at radius 2 is 1.64 bits per heavy atom. The Bertz CT molecular complexity index is 119. The van der Waals surface area contributed by atoms with Crippen molar-refractivity contribution in [2.75, 3.05) is 0 Å². The van der Waals surface area contributed by atoms with Crippen LogP contribution in [0.5, 0.6) is 0 Å². The first-order chi connectivity index (χ1) is 5.41. The molecule has 0 radical (unpaired) electrons. The third kappa shape index (κ3) is 9.36. The molecular weight excluding hydrogens is 136 g/mol. The van der Waals surface area contributed by atoms with Gasteiger partial charge in [0.05, 0.1) is 0 Å². The zero-order chi connectivity index (χ0) is 8.36. The van der Waals surface area contributed by atoms with E-state index in [1.165, 1.54) is 32.1 Å². The first-order valence-electron chi connectivity index (χ1n) is 4.53. The van der Waals surface area contributed by atoms with Crippen LogP contribution < -0.4 is 0 Å². The Morgan fingerprint density at radius 3 is 2.27 bits per heavy atom. The number of rotatable bonds is 6. The molecule has 0 atom stereocenters. The van der Waals surface area contributed by atoms with Crippen molar-refractivity contribution in [1.29, 1.82) is 0 Å². The Morgan fingerprint density at radius 1 is 1.00 bits per heavy atom. The van der Waals surface area contributed by atoms with Gasteiger partial charge in [0, 0.05) is 6.42 Å². The minimum atomic E-state index is 0.850. The molecule has 0 rings (SSSR count). The van der Waals surface area contributed by atoms with Crippen molar-refractivity contribution in [3.8, 4) is 12.0 Å². The maximum atomic E-state index is 8.15. The van der Waals surface area contributed by atoms with Crippen LogP contribution in [0.3, 0.4) is 0 Å². The molecule has 64 valence electrons. The Kier molecular flexibility index (Phi) is 8.82. The first-order valence-corrected chi connectivity index (χ1v) is 4.53. The highest BCUT2D eigenvalue weighted by Crippen LogP contribution is 2.05. The molecule has 0 fully saturated rings. The fourth-order valence-corrected chi connectivity index (χ4v) is 1.05. The molecule has 11 heavy (non-hydrogen) atoms. The lowest BCUT2D eigenvalue weighted by molar-refractivity contribution is 0.515. The van der Waals surface area contributed by atoms with Crippen molar-refractivity contribution in [2.45, 2.75) is 51.9 Å². The molecule has 0 aliphatic heterocycles. The lowest BCUT2D eigenvalue weighted by atomic mass is 10.1. The minimum Gasteiger partial charge on any atom is -0.462 e. The second kappa shape index (κ2) is 9.36. The van der Waals surface area contributed by atoms with Crippen molar-refractivity contribution >= 4 is 0 Å². The highest BCUT2D eigenvalue weighted by molar-refractivity contribution is 4.88. The first kappa shape index (κ1) is 10.4. The molecule has 0 aliphatic rings. The predicted octanol–water partition coefficient (Wildman–Crippen LogP) is 3.07. The fourth-order valence-electron chi connectivity index (χ4n) is 1.05. The van der Waals surface area contributed by atoms with Gasteiger partial charge in [-0.05, 0) is 6.42 Å². The molecule has 0 aromatic carbocycles. The molecule has 1 heteroatoms. The van der Waals surface area contributed by atoms with E-state index in [9.17, 15) is 0 Å². The van der Waals surface area contributed by atoms with Gasteiger partial charge in [0.25, 0.3) is 0 Å². The summed E-state index contributed by atoms with van der Waals surface area (Å²) < 4.78 is 0. The van der Waals surface area contributed by atoms with Crippen LogP contribution in [-0.2, 0) is 0 Å². The van der Waals surface area contributed by atoms with Gasteiger partial charge in [-0.1, -0.05) is 44.9 Å². The van der Waals surface area contributed by atoms with Crippen LogP contribution in [0.2, 0.25) is 0 Å². The highest BCUT2D eigenvalue weighted by Gasteiger charge is 1.87. The summed E-state index contributed by atoms with van der Waals surface area (Å²) in [5.41, 5.74) is 0. The minimum absolute atomic E-state index is 0.850. The summed E-state index contributed by atoms with van der Waals surface area (Å²) in [7, 11) is 0. The summed E-state index contributed by atoms with van der Waals surface area (Å²) in [5.74, 6) is 2.64. The van der Waals surface area contributed by atoms with Gasteiger partial charge >= 0.3 is 0 Å². The summed E-state index contributed by atoms with van der Waals surface area (Å²) >= 11 is 0. The topological polar surface area (TPSA) is 20.2 Å². The molecular formula is C10H18O. The van der Waals surface area contributed by atoms with Gasteiger partial charge < -0.3 is 5.11 Å². The molecule has 0 aromatic heterocycles. The van der Waals surface area contributed by atoms with E-state index in [2.05, 4.69) is 12.8 Å². The Hall–Kier alpha value is -0.640. The third-order valence-electron chi connectivity index (χ3n) is 1.73. The van der Waals surface area contributed by atoms with E-state index in [0.717, 1.165) is 12.8 Å². The van der Waals surface area contributed by atoms with Crippen LogP contribution in [0.1, 0.15) is 51.9 Å². The molecule has 1 nitrogen and oxygen atoms in total. The average molecular weight is 154 g/mol. The summed E-state index contributed by atoms with van der Waals surface area (Å²) in [6, 6.07) is 0. The van der Waals surface area contributed by atoms with Gasteiger partial charge in [-0.25, -0.2) is 0 Å². The normalized spacial score (nSPS) is 8.82. The standard InChI is InChI=1S/C10H18O/c1-2-3-4-5-6-7-8-9-10-11/h11H,2-8H2,1H3. The number of hydrogen-bond acceptors (Lipinski definition) is 1. The maximum Gasteiger partial charge on any atom is 0.107 e. The van der Waals surface area contributed by atoms with Crippen LogP contribution in [0.4, 0.5) is 0 Å². The van der Waals surface area contributed by atoms with Crippen molar-refractivity contribution in [2.24, 2.45) is 0 Å². The van der Waals surface area contributed by atoms with Crippen LogP contribution >= 0.6 is 0 Å². The van der Waals surface area contributed by atoms with E-state index >= 15 is 0 Å². The van der Waals surface area contributed by atoms with Gasteiger partial charge in [0.15, 0.2) is 0 Å². The molecule has 0 saturated carbocycles. The van der Waals surface area contributed by atoms with E-state index in [1.807, 2.05) is 6.11 Å². The van der Waals surface area contributed by atoms with Gasteiger partial charge in [-0.3, -0.25) is 0 Å². The molecule has 0 unspecified atom stereocenters. The van der Waals surface area contributed by atoms with Crippen molar-refractivity contribution in [3.63, 3.8) is 0 Å². The molecule has 0 aromatic rings. The van der Waals surface area contributed by atoms with E-state index in [1.54, 1.807) is 0 Å². The van der Waals surface area contributed by atoms with Crippen LogP contribution in [0.25, 0.3) is 0 Å². The third-order valence-corrected chi connectivity index (χ3v) is 1.73. The second-order valence-corrected chi connectivity index (χ2v) is 2.81. The molecule has 1 N–H and O–H groups in total. The van der Waals surface area contributed by atoms with Gasteiger partial charge in [-0.15, -0.1) is 0 Å². The molecule has 0 amide bonds. The van der Waals surface area contributed by atoms with Crippen LogP contribution in [0.15, 0.2) is 0 Å². The Labute approximate surface area is 69.8 Å². The SMILES string of the molecule is CCCCCCCCC#CO. The fraction of sp³-hybridized carbons (Fsp3) is 0.800. The van der Waals surface area contributed by atoms with Gasteiger partial charge in [0.2, 0.25) is 0 Å². The molecule has 0 spiro atoms.